The summed E-state index contributed by atoms with van der Waals surface area (Å²) in [7, 11) is 0. The number of nitrogens with zero attached hydrogens (tertiary/aromatic N) is 1. The molecule has 0 amide bonds. The lowest BCUT2D eigenvalue weighted by atomic mass is 10.1. The van der Waals surface area contributed by atoms with E-state index in [0.717, 1.165) is 5.56 Å². The average molecular weight is 254 g/mol. The van der Waals surface area contributed by atoms with Crippen LogP contribution in [-0.4, -0.2) is 11.7 Å². The zero-order valence-corrected chi connectivity index (χ0v) is 10.3. The predicted octanol–water partition coefficient (Wildman–Crippen LogP) is 2.34. The number of ether oxygens (including phenoxy) is 1. The lowest BCUT2D eigenvalue weighted by Gasteiger charge is -2.09. The summed E-state index contributed by atoms with van der Waals surface area (Å²) in [6.07, 6.45) is -0.649. The van der Waals surface area contributed by atoms with Crippen molar-refractivity contribution in [1.29, 1.82) is 5.26 Å². The molecular weight excluding hydrogens is 240 g/mol. The summed E-state index contributed by atoms with van der Waals surface area (Å²) in [5, 5.41) is 18.3. The number of benzene rings is 2. The minimum Gasteiger partial charge on any atom is -0.457 e. The van der Waals surface area contributed by atoms with Crippen LogP contribution in [0.25, 0.3) is 0 Å². The van der Waals surface area contributed by atoms with E-state index in [0.29, 0.717) is 17.1 Å². The summed E-state index contributed by atoms with van der Waals surface area (Å²) < 4.78 is 5.62. The van der Waals surface area contributed by atoms with Gasteiger partial charge in [-0.05, 0) is 42.0 Å². The van der Waals surface area contributed by atoms with E-state index < -0.39 is 6.10 Å². The Morgan fingerprint density at radius 2 is 1.58 bits per heavy atom. The van der Waals surface area contributed by atoms with Gasteiger partial charge in [-0.1, -0.05) is 12.1 Å². The molecule has 3 N–H and O–H groups in total. The van der Waals surface area contributed by atoms with Crippen molar-refractivity contribution in [3.8, 4) is 17.6 Å². The first kappa shape index (κ1) is 13.1. The number of aliphatic hydroxyl groups excluding tert-OH is 1. The number of aliphatic hydroxyl groups is 1. The molecule has 2 aromatic carbocycles. The summed E-state index contributed by atoms with van der Waals surface area (Å²) in [6.45, 7) is 0.190. The molecule has 0 heterocycles. The summed E-state index contributed by atoms with van der Waals surface area (Å²) in [6, 6.07) is 16.0. The van der Waals surface area contributed by atoms with Gasteiger partial charge in [-0.2, -0.15) is 5.26 Å². The maximum absolute atomic E-state index is 9.57. The third kappa shape index (κ3) is 3.32. The van der Waals surface area contributed by atoms with E-state index in [1.165, 1.54) is 0 Å². The number of nitrogens with two attached hydrogens (primary N) is 1. The molecule has 0 aliphatic heterocycles. The van der Waals surface area contributed by atoms with Crippen LogP contribution in [0, 0.1) is 11.3 Å². The summed E-state index contributed by atoms with van der Waals surface area (Å²) >= 11 is 0. The standard InChI is InChI=1S/C15H14N2O2/c16-9-11-1-5-13(6-2-11)19-14-7-3-12(4-8-14)15(18)10-17/h1-8,15,18H,10,17H2. The van der Waals surface area contributed by atoms with Gasteiger partial charge in [0, 0.05) is 6.54 Å². The van der Waals surface area contributed by atoms with Crippen molar-refractivity contribution in [2.45, 2.75) is 6.10 Å². The molecule has 0 aliphatic carbocycles. The highest BCUT2D eigenvalue weighted by Crippen LogP contribution is 2.23. The second kappa shape index (κ2) is 6.01. The normalized spacial score (nSPS) is 11.6. The predicted molar refractivity (Wildman–Crippen MR) is 71.7 cm³/mol. The Morgan fingerprint density at radius 3 is 2.05 bits per heavy atom. The third-order valence-electron chi connectivity index (χ3n) is 2.71. The van der Waals surface area contributed by atoms with Gasteiger partial charge in [-0.25, -0.2) is 0 Å². The zero-order valence-electron chi connectivity index (χ0n) is 10.3. The van der Waals surface area contributed by atoms with Crippen LogP contribution in [0.4, 0.5) is 0 Å². The van der Waals surface area contributed by atoms with E-state index in [4.69, 9.17) is 15.7 Å². The largest absolute Gasteiger partial charge is 0.457 e. The lowest BCUT2D eigenvalue weighted by Crippen LogP contribution is -2.11. The SMILES string of the molecule is N#Cc1ccc(Oc2ccc(C(O)CN)cc2)cc1. The Bertz CT molecular complexity index is 571. The summed E-state index contributed by atoms with van der Waals surface area (Å²) in [5.74, 6) is 1.32. The van der Waals surface area contributed by atoms with E-state index in [1.807, 2.05) is 6.07 Å². The van der Waals surface area contributed by atoms with Gasteiger partial charge in [0.25, 0.3) is 0 Å². The Kier molecular flexibility index (Phi) is 4.14. The van der Waals surface area contributed by atoms with Crippen molar-refractivity contribution < 1.29 is 9.84 Å². The molecule has 0 spiro atoms. The van der Waals surface area contributed by atoms with Crippen LogP contribution in [0.15, 0.2) is 48.5 Å². The van der Waals surface area contributed by atoms with Gasteiger partial charge in [0.1, 0.15) is 11.5 Å². The van der Waals surface area contributed by atoms with Crippen LogP contribution in [-0.2, 0) is 0 Å². The Balaban J connectivity index is 2.08. The van der Waals surface area contributed by atoms with E-state index in [9.17, 15) is 5.11 Å². The number of rotatable bonds is 4. The first-order valence-corrected chi connectivity index (χ1v) is 5.89. The van der Waals surface area contributed by atoms with Crippen molar-refractivity contribution in [1.82, 2.24) is 0 Å². The van der Waals surface area contributed by atoms with Crippen LogP contribution in [0.5, 0.6) is 11.5 Å². The van der Waals surface area contributed by atoms with Gasteiger partial charge in [0.15, 0.2) is 0 Å². The van der Waals surface area contributed by atoms with E-state index >= 15 is 0 Å². The maximum Gasteiger partial charge on any atom is 0.127 e. The molecule has 4 heteroatoms. The molecule has 2 rings (SSSR count). The minimum atomic E-state index is -0.649. The molecule has 0 bridgehead atoms. The van der Waals surface area contributed by atoms with Crippen molar-refractivity contribution in [2.24, 2.45) is 5.73 Å². The van der Waals surface area contributed by atoms with Crippen LogP contribution < -0.4 is 10.5 Å². The van der Waals surface area contributed by atoms with Gasteiger partial charge in [0.2, 0.25) is 0 Å². The third-order valence-corrected chi connectivity index (χ3v) is 2.71. The molecule has 0 saturated heterocycles. The van der Waals surface area contributed by atoms with Crippen molar-refractivity contribution in [3.63, 3.8) is 0 Å². The molecule has 4 nitrogen and oxygen atoms in total. The summed E-state index contributed by atoms with van der Waals surface area (Å²) in [5.41, 5.74) is 6.74. The smallest absolute Gasteiger partial charge is 0.127 e. The molecule has 2 aromatic rings. The van der Waals surface area contributed by atoms with Gasteiger partial charge in [-0.3, -0.25) is 0 Å². The van der Waals surface area contributed by atoms with Crippen molar-refractivity contribution in [3.05, 3.63) is 59.7 Å². The molecule has 1 atom stereocenters. The van der Waals surface area contributed by atoms with E-state index in [2.05, 4.69) is 0 Å². The quantitative estimate of drug-likeness (QED) is 0.877. The van der Waals surface area contributed by atoms with Gasteiger partial charge < -0.3 is 15.6 Å². The fourth-order valence-corrected chi connectivity index (χ4v) is 1.63. The highest BCUT2D eigenvalue weighted by Gasteiger charge is 2.05. The second-order valence-corrected chi connectivity index (χ2v) is 4.06. The second-order valence-electron chi connectivity index (χ2n) is 4.06. The zero-order chi connectivity index (χ0) is 13.7. The number of hydrogen-bond donors (Lipinski definition) is 2. The molecule has 0 radical (unpaired) electrons. The monoisotopic (exact) mass is 254 g/mol. The van der Waals surface area contributed by atoms with Gasteiger partial charge >= 0.3 is 0 Å². The lowest BCUT2D eigenvalue weighted by molar-refractivity contribution is 0.186. The van der Waals surface area contributed by atoms with Crippen LogP contribution in [0.3, 0.4) is 0 Å². The average Bonchev–Trinajstić information content (AvgIpc) is 2.48. The summed E-state index contributed by atoms with van der Waals surface area (Å²) in [4.78, 5) is 0. The molecule has 0 aromatic heterocycles. The minimum absolute atomic E-state index is 0.190. The molecule has 0 saturated carbocycles. The molecule has 0 aliphatic rings. The fourth-order valence-electron chi connectivity index (χ4n) is 1.63. The van der Waals surface area contributed by atoms with E-state index in [-0.39, 0.29) is 6.54 Å². The van der Waals surface area contributed by atoms with Crippen LogP contribution in [0.2, 0.25) is 0 Å². The Hall–Kier alpha value is -2.35. The fraction of sp³-hybridized carbons (Fsp3) is 0.133. The van der Waals surface area contributed by atoms with Crippen LogP contribution >= 0.6 is 0 Å². The first-order valence-electron chi connectivity index (χ1n) is 5.89. The van der Waals surface area contributed by atoms with Crippen molar-refractivity contribution >= 4 is 0 Å². The van der Waals surface area contributed by atoms with Crippen molar-refractivity contribution in [2.75, 3.05) is 6.54 Å². The highest BCUT2D eigenvalue weighted by molar-refractivity contribution is 5.38. The molecular formula is C15H14N2O2. The highest BCUT2D eigenvalue weighted by atomic mass is 16.5. The Labute approximate surface area is 111 Å². The topological polar surface area (TPSA) is 79.3 Å². The number of hydrogen-bond acceptors (Lipinski definition) is 4. The van der Waals surface area contributed by atoms with Crippen LogP contribution in [0.1, 0.15) is 17.2 Å². The maximum atomic E-state index is 9.57. The molecule has 1 unspecified atom stereocenters. The molecule has 19 heavy (non-hydrogen) atoms. The van der Waals surface area contributed by atoms with Gasteiger partial charge in [0.05, 0.1) is 17.7 Å². The van der Waals surface area contributed by atoms with Gasteiger partial charge in [-0.15, -0.1) is 0 Å². The number of nitriles is 1. The van der Waals surface area contributed by atoms with E-state index in [1.54, 1.807) is 48.5 Å². The molecule has 96 valence electrons. The first-order chi connectivity index (χ1) is 9.22. The molecule has 0 fully saturated rings. The Morgan fingerprint density at radius 1 is 1.05 bits per heavy atom.